The number of hydrogen-bond acceptors (Lipinski definition) is 9. The first-order valence-electron chi connectivity index (χ1n) is 47.3. The van der Waals surface area contributed by atoms with Gasteiger partial charge in [0.1, 0.15) is 0 Å². The molecule has 26 aromatic rings. The molecule has 9 nitrogen and oxygen atoms in total. The molecule has 3 aliphatic rings. The third-order valence-corrected chi connectivity index (χ3v) is 27.8. The van der Waals surface area contributed by atoms with E-state index in [1.54, 1.807) is 0 Å². The molecule has 0 amide bonds. The lowest BCUT2D eigenvalue weighted by Crippen LogP contribution is -2.15. The number of para-hydroxylation sites is 6. The van der Waals surface area contributed by atoms with Gasteiger partial charge in [-0.15, -0.1) is 0 Å². The van der Waals surface area contributed by atoms with E-state index < -0.39 is 0 Å². The van der Waals surface area contributed by atoms with Gasteiger partial charge in [-0.2, -0.15) is 0 Å². The summed E-state index contributed by atoms with van der Waals surface area (Å²) in [6.07, 6.45) is 0. The van der Waals surface area contributed by atoms with Gasteiger partial charge in [-0.05, 0) is 202 Å². The average molecular weight is 1770 g/mol. The van der Waals surface area contributed by atoms with E-state index >= 15 is 0 Å². The van der Waals surface area contributed by atoms with E-state index in [9.17, 15) is 0 Å². The standard InChI is InChI=1S/C46H29N3.C44H27N3.C40H25N3/c1-2-10-30(11-3-1)31-20-22-34(23-21-31)45-46(48-40-18-7-6-17-39(40)47-45)35-24-27-36(28-25-35)49-41-19-9-14-33-13-8-16-38(43(33)41)44-37-15-5-4-12-32(37)26-29-42(44)49;1-2-12-31-26-33(23-22-28(31)10-1)44-43(45-37-19-5-6-20-38(37)46-44)32-15-7-16-34(27-32)47-39-21-9-14-30-13-8-18-36(41(30)39)42-35-17-4-3-11-29(35)24-25-40(42)47;1-2-11-28(12-3-1)39-40(42-34-18-7-6-17-33(34)41-39)29-20-23-30(24-21-29)43-35-19-9-14-27-13-8-16-32(37(27)35)38-31-15-5-4-10-26(31)22-25-36(38)43/h1-29H;1-27H;1-25H. The Morgan fingerprint density at radius 2 is 0.388 bits per heavy atom. The number of hydrogen-bond donors (Lipinski definition) is 0. The topological polar surface area (TPSA) is 87.1 Å². The predicted octanol–water partition coefficient (Wildman–Crippen LogP) is 35.0. The summed E-state index contributed by atoms with van der Waals surface area (Å²) in [5, 5.41) is 17.5. The van der Waals surface area contributed by atoms with Crippen LogP contribution in [0.3, 0.4) is 0 Å². The molecule has 0 radical (unpaired) electrons. The zero-order chi connectivity index (χ0) is 91.5. The third-order valence-electron chi connectivity index (χ3n) is 27.8. The summed E-state index contributed by atoms with van der Waals surface area (Å²) in [5.74, 6) is 0. The molecule has 646 valence electrons. The number of rotatable bonds is 10. The Morgan fingerprint density at radius 1 is 0.137 bits per heavy atom. The van der Waals surface area contributed by atoms with Crippen molar-refractivity contribution < 1.29 is 0 Å². The number of nitrogens with zero attached hydrogens (tertiary/aromatic N) is 9. The number of benzene rings is 23. The van der Waals surface area contributed by atoms with Crippen molar-refractivity contribution in [3.63, 3.8) is 0 Å². The normalized spacial score (nSPS) is 12.1. The molecule has 0 spiro atoms. The third kappa shape index (κ3) is 13.7. The van der Waals surface area contributed by atoms with Crippen molar-refractivity contribution in [3.05, 3.63) is 491 Å². The molecule has 0 saturated carbocycles. The molecule has 0 atom stereocenters. The van der Waals surface area contributed by atoms with Gasteiger partial charge in [0.15, 0.2) is 0 Å². The second-order valence-electron chi connectivity index (χ2n) is 35.8. The van der Waals surface area contributed by atoms with E-state index in [2.05, 4.69) is 421 Å². The smallest absolute Gasteiger partial charge is 0.0973 e. The van der Waals surface area contributed by atoms with Crippen LogP contribution in [0.25, 0.3) is 221 Å². The highest BCUT2D eigenvalue weighted by molar-refractivity contribution is 6.23. The molecular formula is C130H81N9. The molecule has 139 heavy (non-hydrogen) atoms. The van der Waals surface area contributed by atoms with Gasteiger partial charge in [-0.25, -0.2) is 29.9 Å². The molecule has 3 aliphatic heterocycles. The van der Waals surface area contributed by atoms with Gasteiger partial charge >= 0.3 is 0 Å². The van der Waals surface area contributed by atoms with Crippen molar-refractivity contribution in [3.8, 4) is 112 Å². The van der Waals surface area contributed by atoms with Crippen molar-refractivity contribution in [1.29, 1.82) is 0 Å². The van der Waals surface area contributed by atoms with Gasteiger partial charge in [0.25, 0.3) is 0 Å². The first-order chi connectivity index (χ1) is 68.9. The van der Waals surface area contributed by atoms with Gasteiger partial charge in [0.05, 0.1) is 101 Å². The monoisotopic (exact) mass is 1770 g/mol. The van der Waals surface area contributed by atoms with Crippen LogP contribution in [0.15, 0.2) is 491 Å². The summed E-state index contributed by atoms with van der Waals surface area (Å²) in [7, 11) is 0. The van der Waals surface area contributed by atoms with Crippen molar-refractivity contribution in [1.82, 2.24) is 29.9 Å². The predicted molar refractivity (Wildman–Crippen MR) is 580 cm³/mol. The summed E-state index contributed by atoms with van der Waals surface area (Å²) in [4.78, 5) is 38.3. The van der Waals surface area contributed by atoms with Crippen LogP contribution in [0.4, 0.5) is 51.2 Å². The number of aromatic nitrogens is 6. The quantitative estimate of drug-likeness (QED) is 0.133. The van der Waals surface area contributed by atoms with Crippen LogP contribution in [-0.2, 0) is 0 Å². The molecule has 9 heteroatoms. The zero-order valence-corrected chi connectivity index (χ0v) is 75.3. The summed E-state index contributed by atoms with van der Waals surface area (Å²) in [6, 6.07) is 175. The van der Waals surface area contributed by atoms with Crippen LogP contribution >= 0.6 is 0 Å². The molecule has 0 fully saturated rings. The second kappa shape index (κ2) is 33.2. The minimum atomic E-state index is 0.871. The van der Waals surface area contributed by atoms with Crippen molar-refractivity contribution >= 4 is 160 Å². The van der Waals surface area contributed by atoms with Gasteiger partial charge in [-0.1, -0.05) is 376 Å². The summed E-state index contributed by atoms with van der Waals surface area (Å²) in [6.45, 7) is 0. The molecule has 3 aromatic heterocycles. The highest BCUT2D eigenvalue weighted by Crippen LogP contribution is 2.58. The molecule has 0 aliphatic carbocycles. The molecule has 29 rings (SSSR count). The molecule has 0 saturated heterocycles. The van der Waals surface area contributed by atoms with Crippen LogP contribution in [0.1, 0.15) is 0 Å². The first-order valence-corrected chi connectivity index (χ1v) is 47.3. The molecular weight excluding hydrogens is 1690 g/mol. The lowest BCUT2D eigenvalue weighted by molar-refractivity contribution is 1.27. The van der Waals surface area contributed by atoms with Crippen molar-refractivity contribution in [2.75, 3.05) is 14.7 Å². The van der Waals surface area contributed by atoms with Crippen LogP contribution in [0.2, 0.25) is 0 Å². The summed E-state index contributed by atoms with van der Waals surface area (Å²) in [5.41, 5.74) is 37.2. The maximum absolute atomic E-state index is 5.27. The Labute approximate surface area is 802 Å². The summed E-state index contributed by atoms with van der Waals surface area (Å²) >= 11 is 0. The van der Waals surface area contributed by atoms with E-state index in [4.69, 9.17) is 29.9 Å². The van der Waals surface area contributed by atoms with Crippen molar-refractivity contribution in [2.45, 2.75) is 0 Å². The average Bonchev–Trinajstić information content (AvgIpc) is 0.721. The van der Waals surface area contributed by atoms with E-state index in [0.29, 0.717) is 0 Å². The van der Waals surface area contributed by atoms with E-state index in [1.165, 1.54) is 154 Å². The van der Waals surface area contributed by atoms with Gasteiger partial charge < -0.3 is 14.7 Å². The van der Waals surface area contributed by atoms with Crippen LogP contribution in [-0.4, -0.2) is 29.9 Å². The minimum absolute atomic E-state index is 0.871. The Balaban J connectivity index is 0.000000105. The molecule has 23 aromatic carbocycles. The number of fused-ring (bicyclic) bond motifs is 16. The van der Waals surface area contributed by atoms with E-state index in [0.717, 1.165) is 118 Å². The largest absolute Gasteiger partial charge is 0.309 e. The minimum Gasteiger partial charge on any atom is -0.309 e. The second-order valence-corrected chi connectivity index (χ2v) is 35.8. The highest BCUT2D eigenvalue weighted by atomic mass is 15.2. The lowest BCUT2D eigenvalue weighted by atomic mass is 9.87. The van der Waals surface area contributed by atoms with Crippen LogP contribution in [0, 0.1) is 0 Å². The fourth-order valence-corrected chi connectivity index (χ4v) is 21.5. The highest BCUT2D eigenvalue weighted by Gasteiger charge is 2.33. The fraction of sp³-hybridized carbons (Fsp3) is 0. The molecule has 0 unspecified atom stereocenters. The fourth-order valence-electron chi connectivity index (χ4n) is 21.5. The number of anilines is 9. The van der Waals surface area contributed by atoms with E-state index in [-0.39, 0.29) is 0 Å². The van der Waals surface area contributed by atoms with Crippen LogP contribution < -0.4 is 14.7 Å². The Hall–Kier alpha value is -18.7. The van der Waals surface area contributed by atoms with Crippen LogP contribution in [0.5, 0.6) is 0 Å². The van der Waals surface area contributed by atoms with Gasteiger partial charge in [0, 0.05) is 83.3 Å². The Bertz CT molecular complexity index is 9460. The van der Waals surface area contributed by atoms with Gasteiger partial charge in [-0.3, -0.25) is 0 Å². The lowest BCUT2D eigenvalue weighted by Gasteiger charge is -2.34. The Kier molecular flexibility index (Phi) is 19.1. The zero-order valence-electron chi connectivity index (χ0n) is 75.3. The summed E-state index contributed by atoms with van der Waals surface area (Å²) < 4.78 is 0. The molecule has 0 bridgehead atoms. The van der Waals surface area contributed by atoms with E-state index in [1.807, 2.05) is 84.9 Å². The maximum atomic E-state index is 5.27. The first kappa shape index (κ1) is 80.0. The molecule has 6 heterocycles. The van der Waals surface area contributed by atoms with Crippen molar-refractivity contribution in [2.24, 2.45) is 0 Å². The van der Waals surface area contributed by atoms with Gasteiger partial charge in [0.2, 0.25) is 0 Å². The SMILES string of the molecule is c1cc(-c2nc3ccccc3nc2-c2ccc3ccccc3c2)cc(N2c3ccc4ccccc4c3-c3cccc4cccc2c34)c1.c1ccc(-c2ccc(-c3nc4ccccc4nc3-c3ccc(N4c5ccc6ccccc6c5-c5cccc6cccc4c56)cc3)cc2)cc1.c1ccc(-c2nc3ccccc3nc2-c2ccc(N3c4ccc5ccccc5c4-c4cccc5cccc3c45)cc2)cc1. The molecule has 0 N–H and O–H groups in total. The Morgan fingerprint density at radius 3 is 0.777 bits per heavy atom. The maximum Gasteiger partial charge on any atom is 0.0973 e.